The van der Waals surface area contributed by atoms with Crippen molar-refractivity contribution in [3.63, 3.8) is 0 Å². The van der Waals surface area contributed by atoms with Gasteiger partial charge in [0, 0.05) is 30.0 Å². The summed E-state index contributed by atoms with van der Waals surface area (Å²) >= 11 is 1.32. The number of nitrogens with zero attached hydrogens (tertiary/aromatic N) is 4. The van der Waals surface area contributed by atoms with Crippen LogP contribution in [0.25, 0.3) is 21.7 Å². The molecular formula is C24H18N4O4S. The van der Waals surface area contributed by atoms with Crippen molar-refractivity contribution < 1.29 is 9.85 Å². The second kappa shape index (κ2) is 9.09. The zero-order valence-corrected chi connectivity index (χ0v) is 18.6. The number of aryl methyl sites for hydroxylation is 2. The maximum Gasteiger partial charge on any atom is 0.278 e. The molecule has 0 bridgehead atoms. The molecule has 8 nitrogen and oxygen atoms in total. The molecule has 164 valence electrons. The van der Waals surface area contributed by atoms with Gasteiger partial charge in [0.2, 0.25) is 5.13 Å². The van der Waals surface area contributed by atoms with Gasteiger partial charge in [0.15, 0.2) is 0 Å². The second-order valence-electron chi connectivity index (χ2n) is 7.37. The standard InChI is InChI=1S/C24H18N4O4S/c1-15-7-12-20(16(2)13-15)22-23(17-8-10-19(11-9-17)27(29)30)33-24(26-22)25-14-18-5-3-4-6-21(18)28(31)32/h3-14H,1-2H3. The first-order valence-corrected chi connectivity index (χ1v) is 10.8. The summed E-state index contributed by atoms with van der Waals surface area (Å²) in [4.78, 5) is 31.4. The maximum absolute atomic E-state index is 11.3. The molecule has 1 aromatic heterocycles. The topological polar surface area (TPSA) is 112 Å². The predicted molar refractivity (Wildman–Crippen MR) is 129 cm³/mol. The molecule has 9 heteroatoms. The molecule has 0 saturated carbocycles. The van der Waals surface area contributed by atoms with Gasteiger partial charge in [-0.15, -0.1) is 0 Å². The fourth-order valence-electron chi connectivity index (χ4n) is 3.44. The Morgan fingerprint density at radius 3 is 2.33 bits per heavy atom. The molecule has 3 aromatic carbocycles. The number of hydrogen-bond acceptors (Lipinski definition) is 7. The van der Waals surface area contributed by atoms with E-state index < -0.39 is 9.85 Å². The van der Waals surface area contributed by atoms with Crippen LogP contribution in [0.2, 0.25) is 0 Å². The van der Waals surface area contributed by atoms with Crippen LogP contribution >= 0.6 is 11.3 Å². The molecule has 0 atom stereocenters. The van der Waals surface area contributed by atoms with E-state index in [1.807, 2.05) is 26.0 Å². The van der Waals surface area contributed by atoms with Crippen molar-refractivity contribution in [3.8, 4) is 21.7 Å². The largest absolute Gasteiger partial charge is 0.278 e. The van der Waals surface area contributed by atoms with Crippen molar-refractivity contribution >= 4 is 34.1 Å². The molecule has 4 rings (SSSR count). The number of thiazole rings is 1. The number of nitro groups is 2. The number of aliphatic imine (C=N–C) groups is 1. The van der Waals surface area contributed by atoms with Crippen molar-refractivity contribution in [2.45, 2.75) is 13.8 Å². The number of non-ortho nitro benzene ring substituents is 1. The third-order valence-corrected chi connectivity index (χ3v) is 6.05. The Hall–Kier alpha value is -4.24. The molecule has 0 fully saturated rings. The molecule has 0 amide bonds. The molecular weight excluding hydrogens is 440 g/mol. The van der Waals surface area contributed by atoms with E-state index >= 15 is 0 Å². The number of nitro benzene ring substituents is 2. The lowest BCUT2D eigenvalue weighted by Crippen LogP contribution is -1.93. The Bertz CT molecular complexity index is 1390. The van der Waals surface area contributed by atoms with Crippen LogP contribution < -0.4 is 0 Å². The first-order chi connectivity index (χ1) is 15.8. The van der Waals surface area contributed by atoms with Crippen LogP contribution in [-0.2, 0) is 0 Å². The van der Waals surface area contributed by atoms with E-state index in [-0.39, 0.29) is 11.4 Å². The fourth-order valence-corrected chi connectivity index (χ4v) is 4.37. The second-order valence-corrected chi connectivity index (χ2v) is 8.35. The number of hydrogen-bond donors (Lipinski definition) is 0. The van der Waals surface area contributed by atoms with E-state index in [1.54, 1.807) is 30.3 Å². The van der Waals surface area contributed by atoms with Crippen LogP contribution in [0.4, 0.5) is 16.5 Å². The minimum absolute atomic E-state index is 0.00552. The zero-order chi connectivity index (χ0) is 23.5. The van der Waals surface area contributed by atoms with Gasteiger partial charge >= 0.3 is 0 Å². The van der Waals surface area contributed by atoms with Crippen LogP contribution in [0.5, 0.6) is 0 Å². The minimum atomic E-state index is -0.452. The fraction of sp³-hybridized carbons (Fsp3) is 0.0833. The maximum atomic E-state index is 11.3. The quantitative estimate of drug-likeness (QED) is 0.182. The minimum Gasteiger partial charge on any atom is -0.258 e. The summed E-state index contributed by atoms with van der Waals surface area (Å²) < 4.78 is 0. The van der Waals surface area contributed by atoms with Crippen molar-refractivity contribution in [3.05, 3.63) is 104 Å². The van der Waals surface area contributed by atoms with Gasteiger partial charge in [-0.3, -0.25) is 20.2 Å². The summed E-state index contributed by atoms with van der Waals surface area (Å²) in [5.41, 5.74) is 4.92. The zero-order valence-electron chi connectivity index (χ0n) is 17.8. The molecule has 1 heterocycles. The van der Waals surface area contributed by atoms with E-state index in [2.05, 4.69) is 11.1 Å². The Labute approximate surface area is 193 Å². The number of rotatable bonds is 6. The number of para-hydroxylation sites is 1. The van der Waals surface area contributed by atoms with Gasteiger partial charge in [0.05, 0.1) is 26.0 Å². The first-order valence-electron chi connectivity index (χ1n) is 9.94. The van der Waals surface area contributed by atoms with Crippen molar-refractivity contribution in [2.75, 3.05) is 0 Å². The normalized spacial score (nSPS) is 11.1. The summed E-state index contributed by atoms with van der Waals surface area (Å²) in [6.45, 7) is 4.01. The van der Waals surface area contributed by atoms with Crippen LogP contribution in [-0.4, -0.2) is 21.0 Å². The van der Waals surface area contributed by atoms with E-state index in [9.17, 15) is 20.2 Å². The molecule has 33 heavy (non-hydrogen) atoms. The Morgan fingerprint density at radius 1 is 0.939 bits per heavy atom. The van der Waals surface area contributed by atoms with Crippen molar-refractivity contribution in [1.29, 1.82) is 0 Å². The van der Waals surface area contributed by atoms with Gasteiger partial charge in [-0.05, 0) is 43.2 Å². The Kier molecular flexibility index (Phi) is 6.05. The highest BCUT2D eigenvalue weighted by Crippen LogP contribution is 2.41. The number of benzene rings is 3. The molecule has 0 aliphatic carbocycles. The smallest absolute Gasteiger partial charge is 0.258 e. The lowest BCUT2D eigenvalue weighted by molar-refractivity contribution is -0.385. The summed E-state index contributed by atoms with van der Waals surface area (Å²) in [6.07, 6.45) is 1.43. The third kappa shape index (κ3) is 4.68. The summed E-state index contributed by atoms with van der Waals surface area (Å²) in [7, 11) is 0. The monoisotopic (exact) mass is 458 g/mol. The van der Waals surface area contributed by atoms with E-state index in [4.69, 9.17) is 4.98 Å². The van der Waals surface area contributed by atoms with Gasteiger partial charge in [-0.2, -0.15) is 0 Å². The van der Waals surface area contributed by atoms with Gasteiger partial charge in [-0.25, -0.2) is 9.98 Å². The summed E-state index contributed by atoms with van der Waals surface area (Å²) in [5, 5.41) is 22.8. The van der Waals surface area contributed by atoms with Crippen LogP contribution in [0.1, 0.15) is 16.7 Å². The van der Waals surface area contributed by atoms with E-state index in [0.29, 0.717) is 16.4 Å². The Balaban J connectivity index is 1.82. The SMILES string of the molecule is Cc1ccc(-c2nc(N=Cc3ccccc3[N+](=O)[O-])sc2-c2ccc([N+](=O)[O-])cc2)c(C)c1. The molecule has 0 saturated heterocycles. The lowest BCUT2D eigenvalue weighted by atomic mass is 10.0. The molecule has 0 aliphatic heterocycles. The predicted octanol–water partition coefficient (Wildman–Crippen LogP) is 6.66. The van der Waals surface area contributed by atoms with Gasteiger partial charge in [-0.1, -0.05) is 47.2 Å². The van der Waals surface area contributed by atoms with E-state index in [0.717, 1.165) is 27.1 Å². The molecule has 0 aliphatic rings. The average molecular weight is 458 g/mol. The third-order valence-electron chi connectivity index (χ3n) is 5.04. The van der Waals surface area contributed by atoms with Crippen molar-refractivity contribution in [1.82, 2.24) is 4.98 Å². The van der Waals surface area contributed by atoms with Crippen LogP contribution in [0, 0.1) is 34.1 Å². The molecule has 0 N–H and O–H groups in total. The van der Waals surface area contributed by atoms with Crippen LogP contribution in [0.15, 0.2) is 71.7 Å². The van der Waals surface area contributed by atoms with Crippen LogP contribution in [0.3, 0.4) is 0 Å². The molecule has 0 spiro atoms. The molecule has 0 radical (unpaired) electrons. The van der Waals surface area contributed by atoms with Gasteiger partial charge < -0.3 is 0 Å². The molecule has 4 aromatic rings. The summed E-state index contributed by atoms with van der Waals surface area (Å²) in [6, 6.07) is 18.7. The average Bonchev–Trinajstić information content (AvgIpc) is 3.21. The van der Waals surface area contributed by atoms with E-state index in [1.165, 1.54) is 35.8 Å². The van der Waals surface area contributed by atoms with Crippen molar-refractivity contribution in [2.24, 2.45) is 4.99 Å². The van der Waals surface area contributed by atoms with Gasteiger partial charge in [0.25, 0.3) is 11.4 Å². The highest BCUT2D eigenvalue weighted by Gasteiger charge is 2.18. The lowest BCUT2D eigenvalue weighted by Gasteiger charge is -2.07. The Morgan fingerprint density at radius 2 is 1.67 bits per heavy atom. The first kappa shape index (κ1) is 22.0. The van der Waals surface area contributed by atoms with Gasteiger partial charge in [0.1, 0.15) is 0 Å². The highest BCUT2D eigenvalue weighted by molar-refractivity contribution is 7.19. The summed E-state index contributed by atoms with van der Waals surface area (Å²) in [5.74, 6) is 0. The molecule has 0 unspecified atom stereocenters. The highest BCUT2D eigenvalue weighted by atomic mass is 32.1. The number of aromatic nitrogens is 1.